The number of rotatable bonds is 8. The van der Waals surface area contributed by atoms with Crippen LogP contribution >= 0.6 is 0 Å². The summed E-state index contributed by atoms with van der Waals surface area (Å²) in [6, 6.07) is 7.61. The summed E-state index contributed by atoms with van der Waals surface area (Å²) in [5.41, 5.74) is 1.09. The van der Waals surface area contributed by atoms with Crippen molar-refractivity contribution in [1.29, 1.82) is 0 Å². The third-order valence-electron chi connectivity index (χ3n) is 2.06. The van der Waals surface area contributed by atoms with Gasteiger partial charge in [-0.2, -0.15) is 0 Å². The average molecular weight is 226 g/mol. The van der Waals surface area contributed by atoms with E-state index in [4.69, 9.17) is 19.7 Å². The summed E-state index contributed by atoms with van der Waals surface area (Å²) in [6.07, 6.45) is 0.667. The Labute approximate surface area is 95.4 Å². The minimum absolute atomic E-state index is 0.0376. The van der Waals surface area contributed by atoms with Crippen molar-refractivity contribution in [2.45, 2.75) is 6.42 Å². The van der Waals surface area contributed by atoms with E-state index >= 15 is 0 Å². The lowest BCUT2D eigenvalue weighted by Crippen LogP contribution is -2.09. The molecule has 1 aromatic carbocycles. The van der Waals surface area contributed by atoms with Gasteiger partial charge in [-0.1, -0.05) is 12.1 Å². The van der Waals surface area contributed by atoms with Crippen molar-refractivity contribution in [3.63, 3.8) is 0 Å². The van der Waals surface area contributed by atoms with Gasteiger partial charge in [0.25, 0.3) is 0 Å². The fourth-order valence-corrected chi connectivity index (χ4v) is 1.27. The molecule has 4 heteroatoms. The van der Waals surface area contributed by atoms with Gasteiger partial charge in [0, 0.05) is 6.61 Å². The number of hydrogen-bond acceptors (Lipinski definition) is 4. The molecule has 1 aromatic rings. The van der Waals surface area contributed by atoms with E-state index in [2.05, 4.69) is 0 Å². The molecular formula is C12H18O4. The van der Waals surface area contributed by atoms with Gasteiger partial charge in [-0.05, 0) is 24.1 Å². The van der Waals surface area contributed by atoms with Crippen LogP contribution in [0.25, 0.3) is 0 Å². The van der Waals surface area contributed by atoms with Gasteiger partial charge >= 0.3 is 0 Å². The highest BCUT2D eigenvalue weighted by atomic mass is 16.5. The predicted molar refractivity (Wildman–Crippen MR) is 60.6 cm³/mol. The van der Waals surface area contributed by atoms with Crippen LogP contribution in [0.2, 0.25) is 0 Å². The number of aliphatic hydroxyl groups excluding tert-OH is 2. The Morgan fingerprint density at radius 3 is 2.25 bits per heavy atom. The van der Waals surface area contributed by atoms with Crippen LogP contribution in [-0.4, -0.2) is 43.2 Å². The molecule has 0 fully saturated rings. The van der Waals surface area contributed by atoms with Crippen molar-refractivity contribution in [2.75, 3.05) is 33.0 Å². The van der Waals surface area contributed by atoms with Crippen LogP contribution in [-0.2, 0) is 11.2 Å². The lowest BCUT2D eigenvalue weighted by Gasteiger charge is -2.07. The predicted octanol–water partition coefficient (Wildman–Crippen LogP) is 0.609. The van der Waals surface area contributed by atoms with Crippen molar-refractivity contribution in [2.24, 2.45) is 0 Å². The molecule has 0 heterocycles. The van der Waals surface area contributed by atoms with Crippen LogP contribution in [0.1, 0.15) is 5.56 Å². The Morgan fingerprint density at radius 1 is 0.875 bits per heavy atom. The van der Waals surface area contributed by atoms with Gasteiger partial charge in [0.2, 0.25) is 0 Å². The Morgan fingerprint density at radius 2 is 1.62 bits per heavy atom. The minimum atomic E-state index is 0.0376. The molecule has 0 spiro atoms. The van der Waals surface area contributed by atoms with Gasteiger partial charge in [0.1, 0.15) is 12.4 Å². The zero-order valence-electron chi connectivity index (χ0n) is 9.26. The SMILES string of the molecule is OCCOCCOc1ccc(CCO)cc1. The topological polar surface area (TPSA) is 58.9 Å². The van der Waals surface area contributed by atoms with Crippen molar-refractivity contribution in [3.05, 3.63) is 29.8 Å². The van der Waals surface area contributed by atoms with Gasteiger partial charge in [-0.15, -0.1) is 0 Å². The first-order valence-electron chi connectivity index (χ1n) is 5.38. The number of aliphatic hydroxyl groups is 2. The van der Waals surface area contributed by atoms with E-state index in [0.717, 1.165) is 11.3 Å². The highest BCUT2D eigenvalue weighted by molar-refractivity contribution is 5.27. The average Bonchev–Trinajstić information content (AvgIpc) is 2.31. The fraction of sp³-hybridized carbons (Fsp3) is 0.500. The Hall–Kier alpha value is -1.10. The van der Waals surface area contributed by atoms with Crippen LogP contribution in [0.5, 0.6) is 5.75 Å². The summed E-state index contributed by atoms with van der Waals surface area (Å²) in [7, 11) is 0. The molecule has 1 rings (SSSR count). The zero-order valence-corrected chi connectivity index (χ0v) is 9.26. The van der Waals surface area contributed by atoms with Crippen molar-refractivity contribution < 1.29 is 19.7 Å². The number of hydrogen-bond donors (Lipinski definition) is 2. The molecular weight excluding hydrogens is 208 g/mol. The maximum Gasteiger partial charge on any atom is 0.119 e. The smallest absolute Gasteiger partial charge is 0.119 e. The van der Waals surface area contributed by atoms with Gasteiger partial charge in [-0.25, -0.2) is 0 Å². The Balaban J connectivity index is 2.21. The van der Waals surface area contributed by atoms with E-state index in [1.165, 1.54) is 0 Å². The third-order valence-corrected chi connectivity index (χ3v) is 2.06. The van der Waals surface area contributed by atoms with Crippen LogP contribution in [0, 0.1) is 0 Å². The van der Waals surface area contributed by atoms with Gasteiger partial charge in [0.05, 0.1) is 19.8 Å². The summed E-state index contributed by atoms with van der Waals surface area (Å²) in [6.45, 7) is 1.49. The Kier molecular flexibility index (Phi) is 6.56. The lowest BCUT2D eigenvalue weighted by atomic mass is 10.1. The summed E-state index contributed by atoms with van der Waals surface area (Å²) in [4.78, 5) is 0. The molecule has 0 aromatic heterocycles. The van der Waals surface area contributed by atoms with Gasteiger partial charge in [-0.3, -0.25) is 0 Å². The van der Waals surface area contributed by atoms with Crippen molar-refractivity contribution in [1.82, 2.24) is 0 Å². The molecule has 0 saturated heterocycles. The van der Waals surface area contributed by atoms with Gasteiger partial charge < -0.3 is 19.7 Å². The van der Waals surface area contributed by atoms with E-state index in [-0.39, 0.29) is 13.2 Å². The molecule has 16 heavy (non-hydrogen) atoms. The molecule has 0 amide bonds. The first-order chi connectivity index (χ1) is 7.86. The third kappa shape index (κ3) is 5.11. The van der Waals surface area contributed by atoms with E-state index in [9.17, 15) is 0 Å². The van der Waals surface area contributed by atoms with Crippen LogP contribution in [0.3, 0.4) is 0 Å². The number of benzene rings is 1. The fourth-order valence-electron chi connectivity index (χ4n) is 1.27. The number of ether oxygens (including phenoxy) is 2. The first kappa shape index (κ1) is 13.0. The molecule has 4 nitrogen and oxygen atoms in total. The molecule has 0 radical (unpaired) electrons. The van der Waals surface area contributed by atoms with Crippen LogP contribution in [0.4, 0.5) is 0 Å². The standard InChI is InChI=1S/C12H18O4/c13-6-5-11-1-3-12(4-2-11)16-10-9-15-8-7-14/h1-4,13-14H,5-10H2. The molecule has 0 saturated carbocycles. The molecule has 0 bridgehead atoms. The Bertz CT molecular complexity index is 271. The second-order valence-electron chi connectivity index (χ2n) is 3.30. The summed E-state index contributed by atoms with van der Waals surface area (Å²) >= 11 is 0. The summed E-state index contributed by atoms with van der Waals surface area (Å²) in [5, 5.41) is 17.2. The molecule has 0 aliphatic heterocycles. The van der Waals surface area contributed by atoms with E-state index in [1.54, 1.807) is 0 Å². The minimum Gasteiger partial charge on any atom is -0.491 e. The highest BCUT2D eigenvalue weighted by Crippen LogP contribution is 2.12. The molecule has 90 valence electrons. The lowest BCUT2D eigenvalue weighted by molar-refractivity contribution is 0.0705. The largest absolute Gasteiger partial charge is 0.491 e. The van der Waals surface area contributed by atoms with E-state index < -0.39 is 0 Å². The molecule has 0 aliphatic rings. The monoisotopic (exact) mass is 226 g/mol. The van der Waals surface area contributed by atoms with E-state index in [0.29, 0.717) is 26.2 Å². The zero-order chi connectivity index (χ0) is 11.6. The van der Waals surface area contributed by atoms with E-state index in [1.807, 2.05) is 24.3 Å². The molecule has 2 N–H and O–H groups in total. The van der Waals surface area contributed by atoms with Crippen molar-refractivity contribution in [3.8, 4) is 5.75 Å². The first-order valence-corrected chi connectivity index (χ1v) is 5.38. The summed E-state index contributed by atoms with van der Waals surface area (Å²) in [5.74, 6) is 0.786. The van der Waals surface area contributed by atoms with Crippen molar-refractivity contribution >= 4 is 0 Å². The van der Waals surface area contributed by atoms with Crippen LogP contribution < -0.4 is 4.74 Å². The summed E-state index contributed by atoms with van der Waals surface area (Å²) < 4.78 is 10.5. The second-order valence-corrected chi connectivity index (χ2v) is 3.30. The molecule has 0 unspecified atom stereocenters. The van der Waals surface area contributed by atoms with Gasteiger partial charge in [0.15, 0.2) is 0 Å². The maximum atomic E-state index is 8.74. The normalized spacial score (nSPS) is 10.4. The molecule has 0 aliphatic carbocycles. The maximum absolute atomic E-state index is 8.74. The quantitative estimate of drug-likeness (QED) is 0.638. The molecule has 0 atom stereocenters. The second kappa shape index (κ2) is 8.10. The highest BCUT2D eigenvalue weighted by Gasteiger charge is 1.95. The van der Waals surface area contributed by atoms with Crippen LogP contribution in [0.15, 0.2) is 24.3 Å².